The fourth-order valence-corrected chi connectivity index (χ4v) is 3.15. The largest absolute Gasteiger partial charge is 0.397 e. The van der Waals surface area contributed by atoms with E-state index in [1.807, 2.05) is 25.1 Å². The summed E-state index contributed by atoms with van der Waals surface area (Å²) in [7, 11) is -1.40. The van der Waals surface area contributed by atoms with Crippen LogP contribution in [-0.2, 0) is 15.6 Å². The van der Waals surface area contributed by atoms with Gasteiger partial charge in [-0.25, -0.2) is 0 Å². The van der Waals surface area contributed by atoms with E-state index >= 15 is 0 Å². The first-order valence-corrected chi connectivity index (χ1v) is 7.83. The van der Waals surface area contributed by atoms with Crippen molar-refractivity contribution in [2.75, 3.05) is 11.1 Å². The zero-order valence-electron chi connectivity index (χ0n) is 12.0. The maximum atomic E-state index is 12.5. The number of benzene rings is 2. The molecule has 3 N–H and O–H groups in total. The average Bonchev–Trinajstić information content (AvgIpc) is 2.48. The molecule has 2 atom stereocenters. The summed E-state index contributed by atoms with van der Waals surface area (Å²) in [4.78, 5) is 12.9. The van der Waals surface area contributed by atoms with Crippen LogP contribution in [0, 0.1) is 6.92 Å². The third-order valence-electron chi connectivity index (χ3n) is 3.22. The van der Waals surface area contributed by atoms with Crippen LogP contribution in [0.3, 0.4) is 0 Å². The number of nitrogens with one attached hydrogen (secondary N) is 1. The number of hydrogen-bond acceptors (Lipinski definition) is 3. The summed E-state index contributed by atoms with van der Waals surface area (Å²) >= 11 is 0. The number of para-hydroxylation sites is 2. The van der Waals surface area contributed by atoms with Crippen LogP contribution in [0.5, 0.6) is 0 Å². The first kappa shape index (κ1) is 15.3. The molecule has 110 valence electrons. The van der Waals surface area contributed by atoms with E-state index in [0.29, 0.717) is 16.3 Å². The molecule has 2 aromatic carbocycles. The van der Waals surface area contributed by atoms with Crippen molar-refractivity contribution in [2.45, 2.75) is 24.0 Å². The molecule has 21 heavy (non-hydrogen) atoms. The lowest BCUT2D eigenvalue weighted by molar-refractivity contribution is -0.115. The highest BCUT2D eigenvalue weighted by Crippen LogP contribution is 2.20. The Bertz CT molecular complexity index is 685. The van der Waals surface area contributed by atoms with Gasteiger partial charge >= 0.3 is 0 Å². The van der Waals surface area contributed by atoms with Crippen molar-refractivity contribution in [3.8, 4) is 0 Å². The quantitative estimate of drug-likeness (QED) is 0.853. The molecular weight excluding hydrogens is 284 g/mol. The number of aryl methyl sites for hydroxylation is 1. The van der Waals surface area contributed by atoms with Crippen molar-refractivity contribution in [1.82, 2.24) is 0 Å². The number of carbonyl (C=O) groups excluding carboxylic acids is 1. The van der Waals surface area contributed by atoms with E-state index < -0.39 is 16.0 Å². The highest BCUT2D eigenvalue weighted by atomic mass is 32.2. The molecule has 0 bridgehead atoms. The highest BCUT2D eigenvalue weighted by Gasteiger charge is 2.22. The minimum atomic E-state index is -1.40. The minimum Gasteiger partial charge on any atom is -0.397 e. The molecule has 0 saturated heterocycles. The summed E-state index contributed by atoms with van der Waals surface area (Å²) in [6.07, 6.45) is 0. The summed E-state index contributed by atoms with van der Waals surface area (Å²) < 4.78 is 12.5. The lowest BCUT2D eigenvalue weighted by Crippen LogP contribution is -2.29. The minimum absolute atomic E-state index is 0.311. The molecule has 1 amide bonds. The highest BCUT2D eigenvalue weighted by molar-refractivity contribution is 7.86. The van der Waals surface area contributed by atoms with Crippen LogP contribution in [0.4, 0.5) is 11.4 Å². The van der Waals surface area contributed by atoms with Gasteiger partial charge in [0.1, 0.15) is 5.25 Å². The molecular formula is C16H18N2O2S. The fraction of sp³-hybridized carbons (Fsp3) is 0.188. The third kappa shape index (κ3) is 3.49. The zero-order valence-corrected chi connectivity index (χ0v) is 12.8. The second-order valence-electron chi connectivity index (χ2n) is 4.78. The van der Waals surface area contributed by atoms with Crippen LogP contribution in [0.25, 0.3) is 0 Å². The van der Waals surface area contributed by atoms with Crippen LogP contribution in [0.2, 0.25) is 0 Å². The van der Waals surface area contributed by atoms with Crippen molar-refractivity contribution in [1.29, 1.82) is 0 Å². The number of rotatable bonds is 4. The molecule has 0 aromatic heterocycles. The van der Waals surface area contributed by atoms with Crippen LogP contribution >= 0.6 is 0 Å². The molecule has 2 aromatic rings. The van der Waals surface area contributed by atoms with E-state index in [0.717, 1.165) is 5.56 Å². The topological polar surface area (TPSA) is 72.2 Å². The normalized spacial score (nSPS) is 13.4. The first-order chi connectivity index (χ1) is 10.0. The number of amides is 1. The number of anilines is 2. The lowest BCUT2D eigenvalue weighted by Gasteiger charge is -2.14. The summed E-state index contributed by atoms with van der Waals surface area (Å²) in [5.41, 5.74) is 7.73. The van der Waals surface area contributed by atoms with Crippen molar-refractivity contribution >= 4 is 28.1 Å². The Hall–Kier alpha value is -2.14. The smallest absolute Gasteiger partial charge is 0.240 e. The Morgan fingerprint density at radius 3 is 2.43 bits per heavy atom. The van der Waals surface area contributed by atoms with E-state index in [1.165, 1.54) is 0 Å². The van der Waals surface area contributed by atoms with Gasteiger partial charge in [-0.3, -0.25) is 9.00 Å². The second kappa shape index (κ2) is 6.54. The van der Waals surface area contributed by atoms with Gasteiger partial charge in [0.05, 0.1) is 22.2 Å². The Labute approximate surface area is 126 Å². The Morgan fingerprint density at radius 2 is 1.76 bits per heavy atom. The van der Waals surface area contributed by atoms with Crippen LogP contribution in [-0.4, -0.2) is 15.4 Å². The van der Waals surface area contributed by atoms with Crippen LogP contribution in [0.1, 0.15) is 12.5 Å². The van der Waals surface area contributed by atoms with Crippen molar-refractivity contribution in [2.24, 2.45) is 0 Å². The zero-order chi connectivity index (χ0) is 15.4. The SMILES string of the molecule is Cc1ccccc1S(=O)C(C)C(=O)Nc1ccccc1N. The number of nitrogens with two attached hydrogens (primary N) is 1. The molecule has 0 radical (unpaired) electrons. The number of hydrogen-bond donors (Lipinski definition) is 2. The molecule has 0 aliphatic rings. The fourth-order valence-electron chi connectivity index (χ4n) is 1.92. The lowest BCUT2D eigenvalue weighted by atomic mass is 10.2. The van der Waals surface area contributed by atoms with Gasteiger partial charge in [-0.05, 0) is 37.6 Å². The number of carbonyl (C=O) groups is 1. The first-order valence-electron chi connectivity index (χ1n) is 6.62. The Kier molecular flexibility index (Phi) is 4.75. The molecule has 0 aliphatic heterocycles. The van der Waals surface area contributed by atoms with Crippen molar-refractivity contribution in [3.05, 3.63) is 54.1 Å². The van der Waals surface area contributed by atoms with Gasteiger partial charge in [0.25, 0.3) is 0 Å². The summed E-state index contributed by atoms with van der Waals surface area (Å²) in [5.74, 6) is -0.311. The molecule has 0 heterocycles. The van der Waals surface area contributed by atoms with Gasteiger partial charge in [-0.15, -0.1) is 0 Å². The average molecular weight is 302 g/mol. The van der Waals surface area contributed by atoms with E-state index in [-0.39, 0.29) is 5.91 Å². The molecule has 0 saturated carbocycles. The maximum Gasteiger partial charge on any atom is 0.240 e. The van der Waals surface area contributed by atoms with E-state index in [1.54, 1.807) is 37.3 Å². The van der Waals surface area contributed by atoms with Crippen LogP contribution in [0.15, 0.2) is 53.4 Å². The molecule has 2 unspecified atom stereocenters. The van der Waals surface area contributed by atoms with E-state index in [2.05, 4.69) is 5.32 Å². The van der Waals surface area contributed by atoms with Gasteiger partial charge in [0.15, 0.2) is 0 Å². The van der Waals surface area contributed by atoms with Gasteiger partial charge in [-0.1, -0.05) is 30.3 Å². The Balaban J connectivity index is 2.15. The van der Waals surface area contributed by atoms with E-state index in [9.17, 15) is 9.00 Å². The maximum absolute atomic E-state index is 12.5. The van der Waals surface area contributed by atoms with Gasteiger partial charge in [0, 0.05) is 4.90 Å². The van der Waals surface area contributed by atoms with E-state index in [4.69, 9.17) is 5.73 Å². The Morgan fingerprint density at radius 1 is 1.14 bits per heavy atom. The third-order valence-corrected chi connectivity index (χ3v) is 4.97. The van der Waals surface area contributed by atoms with Crippen LogP contribution < -0.4 is 11.1 Å². The van der Waals surface area contributed by atoms with Crippen molar-refractivity contribution < 1.29 is 9.00 Å². The predicted octanol–water partition coefficient (Wildman–Crippen LogP) is 2.71. The monoisotopic (exact) mass is 302 g/mol. The van der Waals surface area contributed by atoms with Crippen molar-refractivity contribution in [3.63, 3.8) is 0 Å². The molecule has 0 aliphatic carbocycles. The molecule has 4 nitrogen and oxygen atoms in total. The molecule has 0 spiro atoms. The molecule has 5 heteroatoms. The molecule has 0 fully saturated rings. The summed E-state index contributed by atoms with van der Waals surface area (Å²) in [6, 6.07) is 14.4. The summed E-state index contributed by atoms with van der Waals surface area (Å²) in [6.45, 7) is 3.53. The second-order valence-corrected chi connectivity index (χ2v) is 6.52. The number of nitrogen functional groups attached to an aromatic ring is 1. The predicted molar refractivity (Wildman–Crippen MR) is 86.5 cm³/mol. The van der Waals surface area contributed by atoms with Gasteiger partial charge in [0.2, 0.25) is 5.91 Å². The summed E-state index contributed by atoms with van der Waals surface area (Å²) in [5, 5.41) is 2.06. The molecule has 2 rings (SSSR count). The van der Waals surface area contributed by atoms with Gasteiger partial charge in [-0.2, -0.15) is 0 Å². The standard InChI is InChI=1S/C16H18N2O2S/c1-11-7-3-6-10-15(11)21(20)12(2)16(19)18-14-9-5-4-8-13(14)17/h3-10,12H,17H2,1-2H3,(H,18,19). The van der Waals surface area contributed by atoms with Gasteiger partial charge < -0.3 is 11.1 Å².